The maximum atomic E-state index is 12.4. The van der Waals surface area contributed by atoms with Crippen molar-refractivity contribution >= 4 is 28.8 Å². The standard InChI is InChI=1S/C20H22N4OS/c25-20(16-6-9-19-17(12-16)14-22-23-19)21-13-15-4-7-18(8-5-15)26-24-10-2-1-3-11-24/h4-9,12,14H,1-3,10-11,13H2,(H,21,25)(H,22,23). The quantitative estimate of drug-likeness (QED) is 0.671. The largest absolute Gasteiger partial charge is 0.348 e. The van der Waals surface area contributed by atoms with Gasteiger partial charge in [0.2, 0.25) is 0 Å². The number of hydrogen-bond acceptors (Lipinski definition) is 4. The molecule has 6 heteroatoms. The Labute approximate surface area is 157 Å². The molecule has 0 bridgehead atoms. The third kappa shape index (κ3) is 4.08. The second-order valence-corrected chi connectivity index (χ2v) is 7.75. The van der Waals surface area contributed by atoms with Crippen molar-refractivity contribution in [3.63, 3.8) is 0 Å². The Morgan fingerprint density at radius 1 is 1.12 bits per heavy atom. The van der Waals surface area contributed by atoms with Crippen LogP contribution in [0.15, 0.2) is 53.6 Å². The number of H-pyrrole nitrogens is 1. The molecule has 26 heavy (non-hydrogen) atoms. The van der Waals surface area contributed by atoms with Gasteiger partial charge >= 0.3 is 0 Å². The predicted octanol–water partition coefficient (Wildman–Crippen LogP) is 3.99. The van der Waals surface area contributed by atoms with Crippen LogP contribution in [0.5, 0.6) is 0 Å². The third-order valence-corrected chi connectivity index (χ3v) is 5.73. The highest BCUT2D eigenvalue weighted by Gasteiger charge is 2.11. The lowest BCUT2D eigenvalue weighted by molar-refractivity contribution is 0.0951. The number of aromatic amines is 1. The fourth-order valence-corrected chi connectivity index (χ4v) is 4.14. The van der Waals surface area contributed by atoms with Gasteiger partial charge in [0.05, 0.1) is 11.7 Å². The zero-order valence-corrected chi connectivity index (χ0v) is 15.4. The molecule has 5 nitrogen and oxygen atoms in total. The van der Waals surface area contributed by atoms with Crippen molar-refractivity contribution in [2.75, 3.05) is 13.1 Å². The Kier molecular flexibility index (Phi) is 5.22. The first-order valence-electron chi connectivity index (χ1n) is 9.01. The molecule has 134 valence electrons. The van der Waals surface area contributed by atoms with Gasteiger partial charge in [-0.1, -0.05) is 18.6 Å². The number of aromatic nitrogens is 2. The third-order valence-electron chi connectivity index (χ3n) is 4.63. The van der Waals surface area contributed by atoms with Gasteiger partial charge in [0.25, 0.3) is 5.91 Å². The molecular formula is C20H22N4OS. The molecular weight excluding hydrogens is 344 g/mol. The molecule has 2 aromatic carbocycles. The van der Waals surface area contributed by atoms with Crippen LogP contribution < -0.4 is 5.32 Å². The van der Waals surface area contributed by atoms with Crippen molar-refractivity contribution in [2.24, 2.45) is 0 Å². The van der Waals surface area contributed by atoms with E-state index in [1.807, 2.05) is 30.1 Å². The van der Waals surface area contributed by atoms with E-state index in [1.165, 1.54) is 37.2 Å². The molecule has 2 heterocycles. The minimum Gasteiger partial charge on any atom is -0.348 e. The number of nitrogens with one attached hydrogen (secondary N) is 2. The minimum atomic E-state index is -0.0696. The van der Waals surface area contributed by atoms with E-state index in [0.29, 0.717) is 12.1 Å². The molecule has 3 aromatic rings. The first kappa shape index (κ1) is 17.1. The first-order valence-corrected chi connectivity index (χ1v) is 9.78. The summed E-state index contributed by atoms with van der Waals surface area (Å²) in [7, 11) is 0. The number of piperidine rings is 1. The minimum absolute atomic E-state index is 0.0696. The molecule has 0 spiro atoms. The smallest absolute Gasteiger partial charge is 0.251 e. The van der Waals surface area contributed by atoms with Gasteiger partial charge in [-0.15, -0.1) is 0 Å². The molecule has 0 unspecified atom stereocenters. The topological polar surface area (TPSA) is 61.0 Å². The molecule has 4 rings (SSSR count). The zero-order chi connectivity index (χ0) is 17.8. The van der Waals surface area contributed by atoms with Gasteiger partial charge in [-0.3, -0.25) is 9.89 Å². The molecule has 1 aliphatic heterocycles. The Hall–Kier alpha value is -2.31. The summed E-state index contributed by atoms with van der Waals surface area (Å²) in [5.41, 5.74) is 2.69. The van der Waals surface area contributed by atoms with Crippen molar-refractivity contribution in [2.45, 2.75) is 30.7 Å². The van der Waals surface area contributed by atoms with E-state index in [2.05, 4.69) is 44.1 Å². The van der Waals surface area contributed by atoms with E-state index < -0.39 is 0 Å². The van der Waals surface area contributed by atoms with Gasteiger partial charge in [0, 0.05) is 35.5 Å². The van der Waals surface area contributed by atoms with E-state index in [-0.39, 0.29) is 5.91 Å². The van der Waals surface area contributed by atoms with Crippen LogP contribution in [0.25, 0.3) is 10.9 Å². The van der Waals surface area contributed by atoms with Crippen LogP contribution in [-0.2, 0) is 6.54 Å². The molecule has 2 N–H and O–H groups in total. The predicted molar refractivity (Wildman–Crippen MR) is 105 cm³/mol. The Balaban J connectivity index is 1.32. The summed E-state index contributed by atoms with van der Waals surface area (Å²) < 4.78 is 2.44. The van der Waals surface area contributed by atoms with Crippen LogP contribution in [0, 0.1) is 0 Å². The second kappa shape index (κ2) is 7.93. The number of rotatable bonds is 5. The van der Waals surface area contributed by atoms with E-state index >= 15 is 0 Å². The van der Waals surface area contributed by atoms with Gasteiger partial charge in [0.15, 0.2) is 0 Å². The zero-order valence-electron chi connectivity index (χ0n) is 14.6. The van der Waals surface area contributed by atoms with Crippen LogP contribution >= 0.6 is 11.9 Å². The SMILES string of the molecule is O=C(NCc1ccc(SN2CCCCC2)cc1)c1ccc2[nH]ncc2c1. The molecule has 0 saturated carbocycles. The average molecular weight is 366 g/mol. The lowest BCUT2D eigenvalue weighted by atomic mass is 10.1. The van der Waals surface area contributed by atoms with E-state index in [9.17, 15) is 4.79 Å². The van der Waals surface area contributed by atoms with Crippen LogP contribution in [0.2, 0.25) is 0 Å². The van der Waals surface area contributed by atoms with Crippen molar-refractivity contribution in [3.05, 3.63) is 59.8 Å². The fourth-order valence-electron chi connectivity index (χ4n) is 3.14. The van der Waals surface area contributed by atoms with Crippen LogP contribution in [0.1, 0.15) is 35.2 Å². The molecule has 1 saturated heterocycles. The van der Waals surface area contributed by atoms with Crippen LogP contribution in [0.3, 0.4) is 0 Å². The average Bonchev–Trinajstić information content (AvgIpc) is 3.16. The Morgan fingerprint density at radius 2 is 1.92 bits per heavy atom. The van der Waals surface area contributed by atoms with E-state index in [1.54, 1.807) is 6.20 Å². The normalized spacial score (nSPS) is 15.2. The molecule has 0 atom stereocenters. The molecule has 0 radical (unpaired) electrons. The number of benzene rings is 2. The summed E-state index contributed by atoms with van der Waals surface area (Å²) in [6.07, 6.45) is 5.66. The van der Waals surface area contributed by atoms with Gasteiger partial charge < -0.3 is 5.32 Å². The maximum absolute atomic E-state index is 12.4. The second-order valence-electron chi connectivity index (χ2n) is 6.58. The van der Waals surface area contributed by atoms with Crippen molar-refractivity contribution in [3.8, 4) is 0 Å². The Morgan fingerprint density at radius 3 is 2.73 bits per heavy atom. The number of carbonyl (C=O) groups excluding carboxylic acids is 1. The monoisotopic (exact) mass is 366 g/mol. The molecule has 1 amide bonds. The van der Waals surface area contributed by atoms with Gasteiger partial charge in [-0.05, 0) is 60.7 Å². The Bertz CT molecular complexity index is 884. The van der Waals surface area contributed by atoms with Crippen molar-refractivity contribution < 1.29 is 4.79 Å². The van der Waals surface area contributed by atoms with Crippen molar-refractivity contribution in [1.29, 1.82) is 0 Å². The number of nitrogens with zero attached hydrogens (tertiary/aromatic N) is 2. The molecule has 0 aliphatic carbocycles. The van der Waals surface area contributed by atoms with Crippen LogP contribution in [0.4, 0.5) is 0 Å². The fraction of sp³-hybridized carbons (Fsp3) is 0.300. The van der Waals surface area contributed by atoms with Gasteiger partial charge in [-0.2, -0.15) is 5.10 Å². The summed E-state index contributed by atoms with van der Waals surface area (Å²) in [6, 6.07) is 14.0. The lowest BCUT2D eigenvalue weighted by Gasteiger charge is -2.25. The molecule has 1 aliphatic rings. The van der Waals surface area contributed by atoms with Crippen molar-refractivity contribution in [1.82, 2.24) is 19.8 Å². The first-order chi connectivity index (χ1) is 12.8. The highest BCUT2D eigenvalue weighted by molar-refractivity contribution is 7.97. The van der Waals surface area contributed by atoms with E-state index in [0.717, 1.165) is 16.5 Å². The number of carbonyl (C=O) groups is 1. The van der Waals surface area contributed by atoms with Gasteiger partial charge in [-0.25, -0.2) is 4.31 Å². The highest BCUT2D eigenvalue weighted by atomic mass is 32.2. The summed E-state index contributed by atoms with van der Waals surface area (Å²) in [5.74, 6) is -0.0696. The highest BCUT2D eigenvalue weighted by Crippen LogP contribution is 2.26. The molecule has 1 aromatic heterocycles. The summed E-state index contributed by atoms with van der Waals surface area (Å²) in [4.78, 5) is 13.6. The number of fused-ring (bicyclic) bond motifs is 1. The van der Waals surface area contributed by atoms with Crippen LogP contribution in [-0.4, -0.2) is 33.5 Å². The maximum Gasteiger partial charge on any atom is 0.251 e. The van der Waals surface area contributed by atoms with E-state index in [4.69, 9.17) is 0 Å². The summed E-state index contributed by atoms with van der Waals surface area (Å²) in [5, 5.41) is 10.8. The van der Waals surface area contributed by atoms with Gasteiger partial charge in [0.1, 0.15) is 0 Å². The molecule has 1 fully saturated rings. The lowest BCUT2D eigenvalue weighted by Crippen LogP contribution is -2.23. The number of hydrogen-bond donors (Lipinski definition) is 2. The summed E-state index contributed by atoms with van der Waals surface area (Å²) in [6.45, 7) is 2.86. The number of amides is 1. The summed E-state index contributed by atoms with van der Waals surface area (Å²) >= 11 is 1.83.